The van der Waals surface area contributed by atoms with Crippen molar-refractivity contribution in [2.45, 2.75) is 43.6 Å². The summed E-state index contributed by atoms with van der Waals surface area (Å²) in [6.07, 6.45) is -3.40. The maximum atomic E-state index is 12.9. The smallest absolute Gasteiger partial charge is 0.197 e. The molecule has 0 bridgehead atoms. The molecule has 1 saturated heterocycles. The number of aliphatic hydroxyl groups is 2. The van der Waals surface area contributed by atoms with Gasteiger partial charge in [-0.1, -0.05) is 71.3 Å². The fourth-order valence-electron chi connectivity index (χ4n) is 3.22. The molecular weight excluding hydrogens is 368 g/mol. The van der Waals surface area contributed by atoms with Crippen molar-refractivity contribution in [3.05, 3.63) is 70.8 Å². The fraction of sp³-hybridized carbons (Fsp3) is 0.333. The fourth-order valence-corrected chi connectivity index (χ4v) is 3.57. The van der Waals surface area contributed by atoms with Gasteiger partial charge >= 0.3 is 0 Å². The van der Waals surface area contributed by atoms with E-state index in [1.54, 1.807) is 48.5 Å². The maximum absolute atomic E-state index is 12.9. The summed E-state index contributed by atoms with van der Waals surface area (Å²) in [7, 11) is 0. The number of aryl methyl sites for hydroxylation is 2. The largest absolute Gasteiger partial charge is 0.382 e. The normalized spacial score (nSPS) is 26.0. The molecule has 4 atom stereocenters. The van der Waals surface area contributed by atoms with Gasteiger partial charge < -0.3 is 14.9 Å². The Balaban J connectivity index is 1.90. The van der Waals surface area contributed by atoms with Crippen molar-refractivity contribution in [1.82, 2.24) is 0 Å². The first-order valence-corrected chi connectivity index (χ1v) is 9.08. The molecule has 0 saturated carbocycles. The summed E-state index contributed by atoms with van der Waals surface area (Å²) in [4.78, 5) is 25.6. The molecule has 3 rings (SSSR count). The second-order valence-corrected chi connectivity index (χ2v) is 7.45. The number of hydrogen-bond donors (Lipinski definition) is 2. The van der Waals surface area contributed by atoms with Crippen molar-refractivity contribution in [1.29, 1.82) is 0 Å². The van der Waals surface area contributed by atoms with E-state index in [9.17, 15) is 19.8 Å². The number of Topliss-reactive ketones (excluding diaryl/α,β-unsaturated/α-hetero) is 2. The average Bonchev–Trinajstić information content (AvgIpc) is 2.96. The SMILES string of the molecule is Cc1ccc(C(=O)C(O)[C@H]2O[C@@H](Cl)C[C@@]2(O)C(=O)c2ccc(C)cc2)cc1. The van der Waals surface area contributed by atoms with E-state index >= 15 is 0 Å². The second-order valence-electron chi connectivity index (χ2n) is 6.97. The molecule has 0 aromatic heterocycles. The standard InChI is InChI=1S/C21H21ClO5/c1-12-3-7-14(8-4-12)17(23)18(24)20-21(26,11-16(22)27-20)19(25)15-9-5-13(2)6-10-15/h3-10,16,18,20,24,26H,11H2,1-2H3/t16-,18?,20-,21-/m1/s1. The van der Waals surface area contributed by atoms with E-state index < -0.39 is 34.9 Å². The van der Waals surface area contributed by atoms with Crippen LogP contribution in [0.1, 0.15) is 38.3 Å². The van der Waals surface area contributed by atoms with Crippen LogP contribution in [0.4, 0.5) is 0 Å². The number of ketones is 2. The van der Waals surface area contributed by atoms with Gasteiger partial charge in [-0.15, -0.1) is 0 Å². The minimum atomic E-state index is -2.10. The molecule has 1 fully saturated rings. The lowest BCUT2D eigenvalue weighted by atomic mass is 9.82. The van der Waals surface area contributed by atoms with Crippen molar-refractivity contribution in [2.24, 2.45) is 0 Å². The van der Waals surface area contributed by atoms with E-state index in [4.69, 9.17) is 16.3 Å². The zero-order valence-corrected chi connectivity index (χ0v) is 15.8. The summed E-state index contributed by atoms with van der Waals surface area (Å²) in [5, 5.41) is 21.6. The molecule has 0 aliphatic carbocycles. The number of aliphatic hydroxyl groups excluding tert-OH is 1. The third kappa shape index (κ3) is 3.82. The van der Waals surface area contributed by atoms with Gasteiger partial charge in [-0.05, 0) is 13.8 Å². The molecule has 6 heteroatoms. The van der Waals surface area contributed by atoms with Crippen LogP contribution < -0.4 is 0 Å². The Kier molecular flexibility index (Phi) is 5.49. The van der Waals surface area contributed by atoms with E-state index in [1.807, 2.05) is 13.8 Å². The molecule has 1 aliphatic rings. The van der Waals surface area contributed by atoms with E-state index in [-0.39, 0.29) is 17.5 Å². The quantitative estimate of drug-likeness (QED) is 0.607. The molecule has 2 N–H and O–H groups in total. The molecule has 2 aromatic carbocycles. The van der Waals surface area contributed by atoms with Gasteiger partial charge in [0.15, 0.2) is 17.2 Å². The molecule has 27 heavy (non-hydrogen) atoms. The zero-order chi connectivity index (χ0) is 19.8. The highest BCUT2D eigenvalue weighted by Crippen LogP contribution is 2.38. The van der Waals surface area contributed by atoms with Crippen molar-refractivity contribution in [3.63, 3.8) is 0 Å². The first kappa shape index (κ1) is 19.7. The highest BCUT2D eigenvalue weighted by Gasteiger charge is 2.56. The molecule has 1 unspecified atom stereocenters. The maximum Gasteiger partial charge on any atom is 0.197 e. The van der Waals surface area contributed by atoms with E-state index in [2.05, 4.69) is 0 Å². The number of alkyl halides is 1. The van der Waals surface area contributed by atoms with Crippen LogP contribution in [0, 0.1) is 13.8 Å². The van der Waals surface area contributed by atoms with Crippen LogP contribution in [0.2, 0.25) is 0 Å². The average molecular weight is 389 g/mol. The van der Waals surface area contributed by atoms with Crippen LogP contribution in [0.15, 0.2) is 48.5 Å². The van der Waals surface area contributed by atoms with Gasteiger partial charge in [-0.25, -0.2) is 0 Å². The monoisotopic (exact) mass is 388 g/mol. The molecule has 0 spiro atoms. The van der Waals surface area contributed by atoms with Crippen LogP contribution in [-0.4, -0.2) is 45.2 Å². The molecule has 0 amide bonds. The molecule has 0 radical (unpaired) electrons. The lowest BCUT2D eigenvalue weighted by Gasteiger charge is -2.29. The predicted octanol–water partition coefficient (Wildman–Crippen LogP) is 2.81. The van der Waals surface area contributed by atoms with Crippen LogP contribution in [0.5, 0.6) is 0 Å². The van der Waals surface area contributed by atoms with Crippen molar-refractivity contribution < 1.29 is 24.5 Å². The molecule has 5 nitrogen and oxygen atoms in total. The Labute approximate surface area is 162 Å². The predicted molar refractivity (Wildman–Crippen MR) is 101 cm³/mol. The minimum absolute atomic E-state index is 0.218. The Morgan fingerprint density at radius 2 is 1.52 bits per heavy atom. The van der Waals surface area contributed by atoms with Crippen LogP contribution in [0.3, 0.4) is 0 Å². The van der Waals surface area contributed by atoms with Crippen molar-refractivity contribution in [2.75, 3.05) is 0 Å². The number of benzene rings is 2. The van der Waals surface area contributed by atoms with Crippen molar-refractivity contribution >= 4 is 23.2 Å². The van der Waals surface area contributed by atoms with Crippen molar-refractivity contribution in [3.8, 4) is 0 Å². The molecule has 1 aliphatic heterocycles. The summed E-state index contributed by atoms with van der Waals surface area (Å²) in [6, 6.07) is 13.3. The summed E-state index contributed by atoms with van der Waals surface area (Å²) < 4.78 is 5.40. The summed E-state index contributed by atoms with van der Waals surface area (Å²) >= 11 is 6.01. The second kappa shape index (κ2) is 7.52. The summed E-state index contributed by atoms with van der Waals surface area (Å²) in [5.74, 6) is -1.27. The Morgan fingerprint density at radius 1 is 1.04 bits per heavy atom. The highest BCUT2D eigenvalue weighted by molar-refractivity contribution is 6.20. The summed E-state index contributed by atoms with van der Waals surface area (Å²) in [6.45, 7) is 3.76. The van der Waals surface area contributed by atoms with E-state index in [0.717, 1.165) is 11.1 Å². The van der Waals surface area contributed by atoms with Crippen LogP contribution >= 0.6 is 11.6 Å². The summed E-state index contributed by atoms with van der Waals surface area (Å²) in [5.41, 5.74) is -0.638. The number of rotatable bonds is 5. The topological polar surface area (TPSA) is 83.8 Å². The highest BCUT2D eigenvalue weighted by atomic mass is 35.5. The molecule has 1 heterocycles. The van der Waals surface area contributed by atoms with Gasteiger partial charge in [-0.3, -0.25) is 9.59 Å². The number of ether oxygens (including phenoxy) is 1. The van der Waals surface area contributed by atoms with E-state index in [1.165, 1.54) is 0 Å². The van der Waals surface area contributed by atoms with Gasteiger partial charge in [0.05, 0.1) is 0 Å². The van der Waals surface area contributed by atoms with Gasteiger partial charge in [0.1, 0.15) is 17.8 Å². The number of carbonyl (C=O) groups is 2. The Bertz CT molecular complexity index is 846. The number of carbonyl (C=O) groups excluding carboxylic acids is 2. The lowest BCUT2D eigenvalue weighted by Crippen LogP contribution is -2.53. The van der Waals surface area contributed by atoms with Gasteiger partial charge in [0, 0.05) is 17.5 Å². The van der Waals surface area contributed by atoms with Gasteiger partial charge in [0.25, 0.3) is 0 Å². The lowest BCUT2D eigenvalue weighted by molar-refractivity contribution is -0.0716. The van der Waals surface area contributed by atoms with Crippen LogP contribution in [0.25, 0.3) is 0 Å². The van der Waals surface area contributed by atoms with E-state index in [0.29, 0.717) is 0 Å². The van der Waals surface area contributed by atoms with Crippen LogP contribution in [-0.2, 0) is 4.74 Å². The van der Waals surface area contributed by atoms with Gasteiger partial charge in [0.2, 0.25) is 0 Å². The Hall–Kier alpha value is -2.05. The van der Waals surface area contributed by atoms with Gasteiger partial charge in [-0.2, -0.15) is 0 Å². The minimum Gasteiger partial charge on any atom is -0.382 e. The number of hydrogen-bond acceptors (Lipinski definition) is 5. The Morgan fingerprint density at radius 3 is 2.04 bits per heavy atom. The molecule has 2 aromatic rings. The molecule has 142 valence electrons. The number of halogens is 1. The third-order valence-corrected chi connectivity index (χ3v) is 5.09. The zero-order valence-electron chi connectivity index (χ0n) is 15.1. The third-order valence-electron chi connectivity index (χ3n) is 4.84. The first-order chi connectivity index (χ1) is 12.7. The first-order valence-electron chi connectivity index (χ1n) is 8.64. The molecular formula is C21H21ClO5.